The molecule has 4 aliphatic heterocycles. The van der Waals surface area contributed by atoms with Crippen molar-refractivity contribution in [3.8, 4) is 38.3 Å². The van der Waals surface area contributed by atoms with E-state index >= 15 is 0 Å². The summed E-state index contributed by atoms with van der Waals surface area (Å²) in [5.41, 5.74) is 8.78. The number of phenols is 1. The Balaban J connectivity index is 0.979. The number of nitrogens with one attached hydrogen (secondary N) is 5. The number of β-amino-alcohol motifs (C(OH)–C–C–N with tert-alkyl or cyclic N) is 1. The van der Waals surface area contributed by atoms with Crippen LogP contribution in [0.1, 0.15) is 68.3 Å². The summed E-state index contributed by atoms with van der Waals surface area (Å²) >= 11 is 1.32. The normalized spacial score (nSPS) is 25.7. The van der Waals surface area contributed by atoms with Crippen molar-refractivity contribution in [1.29, 1.82) is 0 Å². The van der Waals surface area contributed by atoms with Crippen LogP contribution in [-0.4, -0.2) is 224 Å². The van der Waals surface area contributed by atoms with Crippen molar-refractivity contribution < 1.29 is 92.9 Å². The number of primary amides is 1. The molecule has 32 nitrogen and oxygen atoms in total. The van der Waals surface area contributed by atoms with Gasteiger partial charge in [-0.05, 0) is 80.3 Å². The number of hydrogen-bond acceptors (Lipinski definition) is 25. The number of benzene rings is 3. The van der Waals surface area contributed by atoms with Gasteiger partial charge in [0.1, 0.15) is 41.3 Å². The number of hydrogen-bond donors (Lipinski definition) is 14. The lowest BCUT2D eigenvalue weighted by Crippen LogP contribution is -2.64. The molecule has 0 saturated carbocycles. The van der Waals surface area contributed by atoms with Gasteiger partial charge in [-0.2, -0.15) is 5.10 Å². The van der Waals surface area contributed by atoms with Gasteiger partial charge in [0.05, 0.1) is 60.5 Å². The quantitative estimate of drug-likeness (QED) is 0.0206. The fraction of sp³-hybridized carbons (Fsp3) is 0.466. The zero-order valence-electron chi connectivity index (χ0n) is 49.6. The van der Waals surface area contributed by atoms with Crippen LogP contribution >= 0.6 is 23.7 Å². The minimum Gasteiger partial charge on any atom is -0.504 e. The molecule has 2 aromatic heterocycles. The highest BCUT2D eigenvalue weighted by Crippen LogP contribution is 2.33. The lowest BCUT2D eigenvalue weighted by molar-refractivity contribution is -0.433. The summed E-state index contributed by atoms with van der Waals surface area (Å²) in [4.78, 5) is 118. The number of piperidine rings is 1. The second-order valence-electron chi connectivity index (χ2n) is 23.0. The first-order valence-corrected chi connectivity index (χ1v) is 30.9. The predicted molar refractivity (Wildman–Crippen MR) is 324 cm³/mol. The van der Waals surface area contributed by atoms with E-state index in [4.69, 9.17) is 15.2 Å². The van der Waals surface area contributed by atoms with Gasteiger partial charge in [0.2, 0.25) is 41.4 Å². The number of nitrogens with zero attached hydrogens (tertiary/aromatic N) is 7. The monoisotopic (exact) mass is 1320 g/mol. The van der Waals surface area contributed by atoms with Gasteiger partial charge < -0.3 is 86.9 Å². The van der Waals surface area contributed by atoms with Crippen LogP contribution in [0.15, 0.2) is 79.1 Å². The highest BCUT2D eigenvalue weighted by Gasteiger charge is 2.50. The van der Waals surface area contributed by atoms with Crippen molar-refractivity contribution in [2.75, 3.05) is 37.6 Å². The van der Waals surface area contributed by atoms with E-state index < -0.39 is 177 Å². The number of aliphatic hydroxyl groups is 6. The summed E-state index contributed by atoms with van der Waals surface area (Å²) in [5, 5.41) is 117. The summed E-state index contributed by atoms with van der Waals surface area (Å²) in [7, 11) is 0. The average Bonchev–Trinajstić information content (AvgIpc) is 1.63. The molecule has 494 valence electrons. The maximum absolute atomic E-state index is 14.7. The van der Waals surface area contributed by atoms with Crippen molar-refractivity contribution in [1.82, 2.24) is 56.4 Å². The van der Waals surface area contributed by atoms with E-state index in [-0.39, 0.29) is 29.2 Å². The Morgan fingerprint density at radius 2 is 1.43 bits per heavy atom. The SMILES string of the molecule is CC(O)C1NC(=O)[C@@H](NC(=O)c2ccc(-c3nnc(-c4cnn(-c5ccc(N6CCCCC6)cc5)c4)s3)cc2)CC(O)CNC(=O)C2C(O)C(C)CN2C(=O)C(C(O)CC(N)=O)NC(=O)C(C(O)Cc2ccc(O)c(OSOOO)c2)NC(=O)C2CC(O)CN2C1=O. The van der Waals surface area contributed by atoms with Gasteiger partial charge in [0, 0.05) is 80.9 Å². The van der Waals surface area contributed by atoms with E-state index in [1.165, 1.54) is 42.9 Å². The third-order valence-electron chi connectivity index (χ3n) is 16.3. The number of aromatic hydroxyl groups is 1. The Morgan fingerprint density at radius 1 is 0.772 bits per heavy atom. The van der Waals surface area contributed by atoms with Gasteiger partial charge in [-0.3, -0.25) is 38.4 Å². The molecular weight excluding hydrogens is 1250 g/mol. The van der Waals surface area contributed by atoms with Gasteiger partial charge in [-0.15, -0.1) is 10.2 Å². The molecule has 3 aromatic carbocycles. The second-order valence-corrected chi connectivity index (χ2v) is 24.4. The molecule has 92 heavy (non-hydrogen) atoms. The molecule has 8 amide bonds. The first kappa shape index (κ1) is 68.0. The number of fused-ring (bicyclic) bond motifs is 2. The van der Waals surface area contributed by atoms with E-state index in [9.17, 15) is 74.1 Å². The Morgan fingerprint density at radius 3 is 2.12 bits per heavy atom. The van der Waals surface area contributed by atoms with Gasteiger partial charge in [0.25, 0.3) is 18.2 Å². The first-order chi connectivity index (χ1) is 44.0. The summed E-state index contributed by atoms with van der Waals surface area (Å²) in [6.07, 6.45) is -6.59. The zero-order chi connectivity index (χ0) is 66.1. The number of rotatable bonds is 17. The fourth-order valence-corrected chi connectivity index (χ4v) is 12.5. The summed E-state index contributed by atoms with van der Waals surface area (Å²) < 4.78 is 11.0. The zero-order valence-corrected chi connectivity index (χ0v) is 51.2. The first-order valence-electron chi connectivity index (χ1n) is 29.4. The third kappa shape index (κ3) is 16.2. The van der Waals surface area contributed by atoms with Gasteiger partial charge in [-0.1, -0.05) is 45.8 Å². The van der Waals surface area contributed by atoms with Crippen molar-refractivity contribution in [3.05, 3.63) is 90.3 Å². The minimum absolute atomic E-state index is 0.00218. The standard InChI is InChI=1S/C58H71N13O19S2/c1-28-25-70-48(49(28)79)54(84)60-24-36(73)20-38(62-50(80)31-7-9-32(10-8-31)55-66-67-56(91-55)33-23-61-71(26-33)35-13-11-34(12-14-35)68-16-4-3-5-17-68)51(81)63-45(29(2)72)57(85)69-27-37(74)21-39(69)52(82)64-46(53(83)65-47(58(70)86)42(77)22-44(59)78)41(76)18-30-6-15-40(75)43(19-30)88-92-90-89-87/h6-15,19,23,26,28-29,36-39,41-42,45-49,72-77,79,87H,3-5,16-18,20-22,24-25,27H2,1-2H3,(H2,59,78)(H,60,84)(H,62,80)(H,63,81)(H,64,82)(H,65,83)/t28?,29?,36?,37?,38-,39?,41?,42?,45?,46?,47?,48?,49?/m0/s1. The van der Waals surface area contributed by atoms with Crippen molar-refractivity contribution in [3.63, 3.8) is 0 Å². The van der Waals surface area contributed by atoms with E-state index in [1.807, 2.05) is 18.3 Å². The molecule has 34 heteroatoms. The van der Waals surface area contributed by atoms with Crippen molar-refractivity contribution >= 4 is 76.6 Å². The number of carbonyl (C=O) groups is 8. The Kier molecular flexibility index (Phi) is 22.4. The second kappa shape index (κ2) is 30.3. The molecular formula is C58H71N13O19S2. The van der Waals surface area contributed by atoms with Crippen LogP contribution < -0.4 is 41.4 Å². The predicted octanol–water partition coefficient (Wildman–Crippen LogP) is -2.06. The number of phenolic OH excluding ortho intramolecular Hbond substituents is 1. The molecule has 4 saturated heterocycles. The summed E-state index contributed by atoms with van der Waals surface area (Å²) in [6, 6.07) is 6.00. The van der Waals surface area contributed by atoms with Crippen LogP contribution in [0, 0.1) is 5.92 Å². The molecule has 0 radical (unpaired) electrons. The molecule has 0 spiro atoms. The van der Waals surface area contributed by atoms with Crippen LogP contribution in [0.5, 0.6) is 11.5 Å². The van der Waals surface area contributed by atoms with Crippen molar-refractivity contribution in [2.45, 2.75) is 132 Å². The molecule has 5 aromatic rings. The fourth-order valence-electron chi connectivity index (χ4n) is 11.4. The third-order valence-corrected chi connectivity index (χ3v) is 17.7. The van der Waals surface area contributed by atoms with Crippen molar-refractivity contribution in [2.24, 2.45) is 11.7 Å². The smallest absolute Gasteiger partial charge is 0.261 e. The molecule has 4 fully saturated rings. The molecule has 0 aliphatic carbocycles. The van der Waals surface area contributed by atoms with E-state index in [1.54, 1.807) is 23.0 Å². The number of anilines is 1. The Hall–Kier alpha value is -8.42. The topological polar surface area (TPSA) is 466 Å². The average molecular weight is 1320 g/mol. The molecule has 13 atom stereocenters. The molecule has 6 heterocycles. The molecule has 15 N–H and O–H groups in total. The lowest BCUT2D eigenvalue weighted by Gasteiger charge is -2.33. The van der Waals surface area contributed by atoms with E-state index in [0.29, 0.717) is 21.1 Å². The van der Waals surface area contributed by atoms with Gasteiger partial charge in [0.15, 0.2) is 16.5 Å². The highest BCUT2D eigenvalue weighted by molar-refractivity contribution is 7.90. The summed E-state index contributed by atoms with van der Waals surface area (Å²) in [5.74, 6) is -11.1. The van der Waals surface area contributed by atoms with E-state index in [0.717, 1.165) is 66.2 Å². The van der Waals surface area contributed by atoms with Gasteiger partial charge in [-0.25, -0.2) is 9.94 Å². The number of aliphatic hydroxyl groups excluding tert-OH is 6. The number of amides is 8. The molecule has 12 unspecified atom stereocenters. The molecule has 0 bridgehead atoms. The maximum Gasteiger partial charge on any atom is 0.261 e. The van der Waals surface area contributed by atoms with Crippen LogP contribution in [0.2, 0.25) is 0 Å². The Labute approximate surface area is 533 Å². The van der Waals surface area contributed by atoms with Crippen LogP contribution in [0.3, 0.4) is 0 Å². The summed E-state index contributed by atoms with van der Waals surface area (Å²) in [6.45, 7) is 2.89. The highest BCUT2D eigenvalue weighted by atomic mass is 32.2. The van der Waals surface area contributed by atoms with Gasteiger partial charge >= 0.3 is 0 Å². The van der Waals surface area contributed by atoms with Crippen LogP contribution in [0.4, 0.5) is 5.69 Å². The number of nitrogens with two attached hydrogens (primary N) is 1. The minimum atomic E-state index is -2.22. The lowest BCUT2D eigenvalue weighted by atomic mass is 9.98. The number of aromatic nitrogens is 4. The maximum atomic E-state index is 14.7. The van der Waals surface area contributed by atoms with Crippen LogP contribution in [-0.2, 0) is 49.4 Å². The molecule has 9 rings (SSSR count). The largest absolute Gasteiger partial charge is 0.504 e. The number of carbonyl (C=O) groups excluding carboxylic acids is 8. The Bertz CT molecular complexity index is 3470. The van der Waals surface area contributed by atoms with E-state index in [2.05, 4.69) is 68.3 Å². The molecule has 4 aliphatic rings. The van der Waals surface area contributed by atoms with Crippen LogP contribution in [0.25, 0.3) is 26.8 Å².